The lowest BCUT2D eigenvalue weighted by Gasteiger charge is -2.20. The highest BCUT2D eigenvalue weighted by Gasteiger charge is 2.17. The number of nitrogens with zero attached hydrogens (tertiary/aromatic N) is 3. The highest BCUT2D eigenvalue weighted by atomic mass is 35.5. The fourth-order valence-electron chi connectivity index (χ4n) is 2.68. The molecule has 3 aromatic rings. The van der Waals surface area contributed by atoms with E-state index in [9.17, 15) is 0 Å². The first kappa shape index (κ1) is 21.0. The lowest BCUT2D eigenvalue weighted by Crippen LogP contribution is -2.12. The Morgan fingerprint density at radius 1 is 1.15 bits per heavy atom. The summed E-state index contributed by atoms with van der Waals surface area (Å²) in [4.78, 5) is 12.5. The van der Waals surface area contributed by atoms with Crippen LogP contribution in [0.25, 0.3) is 0 Å². The average molecular weight is 429 g/mol. The molecule has 1 N–H and O–H groups in total. The molecule has 27 heavy (non-hydrogen) atoms. The molecule has 142 valence electrons. The van der Waals surface area contributed by atoms with E-state index in [0.717, 1.165) is 29.1 Å². The Kier molecular flexibility index (Phi) is 7.91. The van der Waals surface area contributed by atoms with Crippen molar-refractivity contribution in [1.82, 2.24) is 9.55 Å². The van der Waals surface area contributed by atoms with E-state index in [-0.39, 0.29) is 5.92 Å². The van der Waals surface area contributed by atoms with Crippen LogP contribution >= 0.6 is 34.8 Å². The number of hydrogen-bond donors (Lipinski definition) is 1. The number of hydrogen-bond acceptors (Lipinski definition) is 3. The molecular formula is C18H16Cl3N3O3. The maximum Gasteiger partial charge on any atom is 0.291 e. The van der Waals surface area contributed by atoms with Gasteiger partial charge in [0.1, 0.15) is 0 Å². The maximum absolute atomic E-state index is 8.36. The number of aromatic nitrogens is 2. The predicted molar refractivity (Wildman–Crippen MR) is 105 cm³/mol. The predicted octanol–water partition coefficient (Wildman–Crippen LogP) is 5.52. The summed E-state index contributed by atoms with van der Waals surface area (Å²) >= 11 is 18.8. The quantitative estimate of drug-likeness (QED) is 0.428. The first-order valence-electron chi connectivity index (χ1n) is 7.84. The zero-order valence-electron chi connectivity index (χ0n) is 14.0. The minimum atomic E-state index is -1.50. The van der Waals surface area contributed by atoms with Crippen LogP contribution in [0.5, 0.6) is 0 Å². The number of benzene rings is 2. The molecule has 6 nitrogen and oxygen atoms in total. The normalized spacial score (nSPS) is 11.4. The third kappa shape index (κ3) is 6.75. The fraction of sp³-hybridized carbons (Fsp3) is 0.167. The molecule has 0 saturated carbocycles. The second-order valence-corrected chi connectivity index (χ2v) is 6.91. The topological polar surface area (TPSA) is 81.2 Å². The van der Waals surface area contributed by atoms with E-state index in [2.05, 4.69) is 15.6 Å². The minimum Gasteiger partial charge on any atom is -0.337 e. The zero-order chi connectivity index (χ0) is 19.8. The van der Waals surface area contributed by atoms with Crippen molar-refractivity contribution in [2.24, 2.45) is 0 Å². The van der Waals surface area contributed by atoms with Crippen molar-refractivity contribution >= 4 is 34.8 Å². The molecule has 1 atom stereocenters. The number of halogens is 3. The molecule has 0 fully saturated rings. The smallest absolute Gasteiger partial charge is 0.291 e. The SMILES string of the molecule is Clc1ccc(CC(Cn2ccnc2)c2ccccc2Cl)c(Cl)c1.O=[N+]([O-])O. The summed E-state index contributed by atoms with van der Waals surface area (Å²) in [5.41, 5.74) is 2.16. The highest BCUT2D eigenvalue weighted by Crippen LogP contribution is 2.32. The summed E-state index contributed by atoms with van der Waals surface area (Å²) in [5.74, 6) is 0.191. The molecule has 2 aromatic carbocycles. The van der Waals surface area contributed by atoms with Crippen LogP contribution in [0.3, 0.4) is 0 Å². The van der Waals surface area contributed by atoms with E-state index in [1.165, 1.54) is 0 Å². The second-order valence-electron chi connectivity index (χ2n) is 5.66. The van der Waals surface area contributed by atoms with Crippen LogP contribution in [0.4, 0.5) is 0 Å². The van der Waals surface area contributed by atoms with Gasteiger partial charge in [-0.3, -0.25) is 0 Å². The standard InChI is InChI=1S/C18H15Cl3N2.HNO3/c19-15-6-5-13(18(21)10-15)9-14(11-23-8-7-22-12-23)16-3-1-2-4-17(16)20;2-1(3)4/h1-8,10,12,14H,9,11H2;(H,2,3,4). The van der Waals surface area contributed by atoms with Crippen LogP contribution < -0.4 is 0 Å². The Balaban J connectivity index is 0.000000596. The van der Waals surface area contributed by atoms with E-state index >= 15 is 0 Å². The molecule has 0 spiro atoms. The van der Waals surface area contributed by atoms with Gasteiger partial charge in [0.05, 0.1) is 6.33 Å². The zero-order valence-corrected chi connectivity index (χ0v) is 16.3. The summed E-state index contributed by atoms with van der Waals surface area (Å²) in [5, 5.41) is 15.7. The monoisotopic (exact) mass is 427 g/mol. The van der Waals surface area contributed by atoms with Gasteiger partial charge in [0.25, 0.3) is 5.09 Å². The van der Waals surface area contributed by atoms with E-state index in [1.807, 2.05) is 42.9 Å². The molecule has 0 bridgehead atoms. The molecule has 0 aliphatic carbocycles. The Morgan fingerprint density at radius 2 is 1.85 bits per heavy atom. The van der Waals surface area contributed by atoms with Gasteiger partial charge in [-0.2, -0.15) is 0 Å². The molecule has 1 aromatic heterocycles. The van der Waals surface area contributed by atoms with Crippen LogP contribution in [0.1, 0.15) is 17.0 Å². The summed E-state index contributed by atoms with van der Waals surface area (Å²) in [7, 11) is 0. The molecule has 1 unspecified atom stereocenters. The summed E-state index contributed by atoms with van der Waals surface area (Å²) < 4.78 is 2.05. The van der Waals surface area contributed by atoms with Gasteiger partial charge in [0.15, 0.2) is 0 Å². The van der Waals surface area contributed by atoms with Crippen LogP contribution in [-0.2, 0) is 13.0 Å². The summed E-state index contributed by atoms with van der Waals surface area (Å²) in [6, 6.07) is 13.5. The van der Waals surface area contributed by atoms with Gasteiger partial charge in [-0.25, -0.2) is 4.98 Å². The van der Waals surface area contributed by atoms with Gasteiger partial charge >= 0.3 is 0 Å². The largest absolute Gasteiger partial charge is 0.337 e. The second kappa shape index (κ2) is 10.2. The van der Waals surface area contributed by atoms with Crippen LogP contribution in [0.2, 0.25) is 15.1 Å². The van der Waals surface area contributed by atoms with Gasteiger partial charge in [-0.15, -0.1) is 10.1 Å². The van der Waals surface area contributed by atoms with Crippen molar-refractivity contribution in [2.45, 2.75) is 18.9 Å². The highest BCUT2D eigenvalue weighted by molar-refractivity contribution is 6.35. The molecule has 0 aliphatic rings. The number of rotatable bonds is 5. The Hall–Kier alpha value is -2.28. The van der Waals surface area contributed by atoms with E-state index in [4.69, 9.17) is 50.1 Å². The van der Waals surface area contributed by atoms with Crippen LogP contribution in [0, 0.1) is 10.1 Å². The van der Waals surface area contributed by atoms with E-state index < -0.39 is 5.09 Å². The van der Waals surface area contributed by atoms with Gasteiger partial charge in [-0.1, -0.05) is 59.1 Å². The van der Waals surface area contributed by atoms with Gasteiger partial charge in [0.2, 0.25) is 0 Å². The molecule has 0 aliphatic heterocycles. The molecule has 0 amide bonds. The Labute approximate surface area is 171 Å². The summed E-state index contributed by atoms with van der Waals surface area (Å²) in [6.45, 7) is 0.780. The average Bonchev–Trinajstić information content (AvgIpc) is 3.10. The minimum absolute atomic E-state index is 0.191. The third-order valence-corrected chi connectivity index (χ3v) is 4.75. The first-order valence-corrected chi connectivity index (χ1v) is 8.97. The summed E-state index contributed by atoms with van der Waals surface area (Å²) in [6.07, 6.45) is 6.32. The third-order valence-electron chi connectivity index (χ3n) is 3.82. The van der Waals surface area contributed by atoms with Gasteiger partial charge in [-0.05, 0) is 35.7 Å². The fourth-order valence-corrected chi connectivity index (χ4v) is 3.46. The van der Waals surface area contributed by atoms with Crippen LogP contribution in [-0.4, -0.2) is 19.8 Å². The lowest BCUT2D eigenvalue weighted by atomic mass is 9.91. The molecular weight excluding hydrogens is 413 g/mol. The number of imidazole rings is 1. The van der Waals surface area contributed by atoms with E-state index in [1.54, 1.807) is 12.3 Å². The molecule has 0 saturated heterocycles. The van der Waals surface area contributed by atoms with Crippen molar-refractivity contribution in [1.29, 1.82) is 0 Å². The van der Waals surface area contributed by atoms with Crippen molar-refractivity contribution in [3.63, 3.8) is 0 Å². The first-order chi connectivity index (χ1) is 12.9. The molecule has 9 heteroatoms. The lowest BCUT2D eigenvalue weighted by molar-refractivity contribution is -0.742. The van der Waals surface area contributed by atoms with Crippen LogP contribution in [0.15, 0.2) is 61.2 Å². The Morgan fingerprint density at radius 3 is 2.44 bits per heavy atom. The Bertz CT molecular complexity index is 885. The molecule has 1 heterocycles. The van der Waals surface area contributed by atoms with Crippen molar-refractivity contribution in [3.8, 4) is 0 Å². The maximum atomic E-state index is 8.36. The van der Waals surface area contributed by atoms with Gasteiger partial charge < -0.3 is 9.77 Å². The molecule has 0 radical (unpaired) electrons. The van der Waals surface area contributed by atoms with Crippen molar-refractivity contribution in [3.05, 3.63) is 97.5 Å². The van der Waals surface area contributed by atoms with Crippen molar-refractivity contribution < 1.29 is 10.3 Å². The molecule has 3 rings (SSSR count). The van der Waals surface area contributed by atoms with Crippen molar-refractivity contribution in [2.75, 3.05) is 0 Å². The van der Waals surface area contributed by atoms with Gasteiger partial charge in [0, 0.05) is 39.9 Å². The van der Waals surface area contributed by atoms with E-state index in [0.29, 0.717) is 10.0 Å².